The van der Waals surface area contributed by atoms with Gasteiger partial charge in [0.1, 0.15) is 11.4 Å². The number of hydrogen-bond donors (Lipinski definition) is 0. The summed E-state index contributed by atoms with van der Waals surface area (Å²) in [5.74, 6) is -1.65. The molecule has 0 aliphatic heterocycles. The Balaban J connectivity index is 2.36. The number of rotatable bonds is 7. The van der Waals surface area contributed by atoms with Crippen LogP contribution < -0.4 is 4.74 Å². The highest BCUT2D eigenvalue weighted by molar-refractivity contribution is 14.1. The van der Waals surface area contributed by atoms with Gasteiger partial charge in [0.25, 0.3) is 6.10 Å². The van der Waals surface area contributed by atoms with E-state index in [1.54, 1.807) is 0 Å². The minimum absolute atomic E-state index is 0.0805. The molecule has 1 unspecified atom stereocenters. The van der Waals surface area contributed by atoms with Gasteiger partial charge in [-0.15, -0.1) is 0 Å². The fraction of sp³-hybridized carbons (Fsp3) is 0.611. The number of halogens is 6. The van der Waals surface area contributed by atoms with Gasteiger partial charge < -0.3 is 14.0 Å². The molecule has 1 aromatic carbocycles. The molecule has 0 heterocycles. The summed E-state index contributed by atoms with van der Waals surface area (Å²) in [4.78, 5) is 12.2. The summed E-state index contributed by atoms with van der Waals surface area (Å²) in [5.41, 5.74) is -1.12. The van der Waals surface area contributed by atoms with E-state index < -0.39 is 44.8 Å². The van der Waals surface area contributed by atoms with Crippen LogP contribution in [0.1, 0.15) is 49.9 Å². The van der Waals surface area contributed by atoms with E-state index in [9.17, 15) is 39.7 Å². The summed E-state index contributed by atoms with van der Waals surface area (Å²) in [6, 6.07) is 3.38. The van der Waals surface area contributed by atoms with E-state index in [1.807, 2.05) is 36.4 Å². The smallest absolute Gasteiger partial charge is 0.432 e. The zero-order valence-corrected chi connectivity index (χ0v) is 19.3. The monoisotopic (exact) mass is 585 g/mol. The molecule has 0 bridgehead atoms. The normalized spacial score (nSPS) is 18.1. The van der Waals surface area contributed by atoms with Crippen LogP contribution in [0.5, 0.6) is 5.75 Å². The van der Waals surface area contributed by atoms with Crippen molar-refractivity contribution in [3.63, 3.8) is 0 Å². The first kappa shape index (κ1) is 26.0. The molecule has 0 amide bonds. The molecule has 1 saturated carbocycles. The van der Waals surface area contributed by atoms with E-state index >= 15 is 0 Å². The van der Waals surface area contributed by atoms with Gasteiger partial charge >= 0.3 is 17.4 Å². The number of carbonyl (C=O) groups excluding carboxylic acids is 1. The van der Waals surface area contributed by atoms with E-state index in [4.69, 9.17) is 4.74 Å². The molecule has 176 valence electrons. The second kappa shape index (κ2) is 8.96. The molecule has 6 nitrogen and oxygen atoms in total. The third-order valence-corrected chi connectivity index (χ3v) is 6.91. The van der Waals surface area contributed by atoms with Crippen molar-refractivity contribution in [2.24, 2.45) is 5.92 Å². The lowest BCUT2D eigenvalue weighted by atomic mass is 9.88. The van der Waals surface area contributed by atoms with Crippen LogP contribution in [-0.2, 0) is 14.9 Å². The Hall–Kier alpha value is -1.22. The maximum absolute atomic E-state index is 13.6. The Labute approximate surface area is 189 Å². The molecule has 1 aromatic rings. The summed E-state index contributed by atoms with van der Waals surface area (Å²) in [5, 5.41) is -5.91. The Kier molecular flexibility index (Phi) is 7.53. The first-order valence-corrected chi connectivity index (χ1v) is 11.6. The van der Waals surface area contributed by atoms with Gasteiger partial charge in [0.05, 0.1) is 9.13 Å². The second-order valence-electron chi connectivity index (χ2n) is 7.52. The first-order chi connectivity index (χ1) is 14.0. The fourth-order valence-corrected chi connectivity index (χ4v) is 4.22. The molecule has 13 heteroatoms. The molecular weight excluding hydrogens is 566 g/mol. The minimum atomic E-state index is -6.77. The van der Waals surface area contributed by atoms with Gasteiger partial charge in [-0.05, 0) is 72.4 Å². The lowest BCUT2D eigenvalue weighted by Crippen LogP contribution is -2.52. The van der Waals surface area contributed by atoms with E-state index in [0.29, 0.717) is 3.57 Å². The molecule has 0 aromatic heterocycles. The summed E-state index contributed by atoms with van der Waals surface area (Å²) >= 11 is 1.88. The zero-order chi connectivity index (χ0) is 23.8. The third kappa shape index (κ3) is 5.59. The average Bonchev–Trinajstić information content (AvgIpc) is 3.09. The maximum Gasteiger partial charge on any atom is 0.432 e. The van der Waals surface area contributed by atoms with Crippen LogP contribution >= 0.6 is 22.6 Å². The Morgan fingerprint density at radius 3 is 2.16 bits per heavy atom. The number of carbonyl (C=O) groups is 1. The topological polar surface area (TPSA) is 92.7 Å². The number of alkyl halides is 5. The van der Waals surface area contributed by atoms with Gasteiger partial charge in [-0.25, -0.2) is 13.2 Å². The van der Waals surface area contributed by atoms with Crippen molar-refractivity contribution in [1.29, 1.82) is 0 Å². The van der Waals surface area contributed by atoms with Gasteiger partial charge in [-0.3, -0.25) is 0 Å². The highest BCUT2D eigenvalue weighted by Gasteiger charge is 2.63. The van der Waals surface area contributed by atoms with E-state index in [2.05, 4.69) is 4.74 Å². The zero-order valence-electron chi connectivity index (χ0n) is 16.3. The van der Waals surface area contributed by atoms with Crippen molar-refractivity contribution in [3.8, 4) is 5.75 Å². The highest BCUT2D eigenvalue weighted by atomic mass is 127. The van der Waals surface area contributed by atoms with E-state index in [0.717, 1.165) is 37.8 Å². The van der Waals surface area contributed by atoms with Gasteiger partial charge in [0.2, 0.25) is 0 Å². The van der Waals surface area contributed by atoms with Gasteiger partial charge in [0.15, 0.2) is 10.1 Å². The van der Waals surface area contributed by atoms with Crippen LogP contribution in [0.2, 0.25) is 0 Å². The first-order valence-electron chi connectivity index (χ1n) is 9.11. The van der Waals surface area contributed by atoms with Crippen molar-refractivity contribution < 1.29 is 49.2 Å². The Morgan fingerprint density at radius 2 is 1.71 bits per heavy atom. The summed E-state index contributed by atoms with van der Waals surface area (Å²) in [6.45, 7) is 3.88. The summed E-state index contributed by atoms with van der Waals surface area (Å²) in [7, 11) is -6.77. The van der Waals surface area contributed by atoms with E-state index in [-0.39, 0.29) is 11.7 Å². The molecule has 31 heavy (non-hydrogen) atoms. The van der Waals surface area contributed by atoms with Crippen LogP contribution in [-0.4, -0.2) is 42.1 Å². The maximum atomic E-state index is 13.6. The number of benzene rings is 1. The number of ether oxygens (including phenoxy) is 2. The van der Waals surface area contributed by atoms with Crippen LogP contribution in [0.4, 0.5) is 22.0 Å². The van der Waals surface area contributed by atoms with Crippen LogP contribution in [0.3, 0.4) is 0 Å². The number of hydrogen-bond acceptors (Lipinski definition) is 6. The molecule has 0 N–H and O–H groups in total. The SMILES string of the molecule is CC(C)C1(Oc2cc(C(=O)OC(C(F)(F)F)C(F)(F)S(=O)(=O)[O-])ccc2I)CCCC1. The van der Waals surface area contributed by atoms with Crippen LogP contribution in [0, 0.1) is 9.49 Å². The molecule has 1 aliphatic carbocycles. The standard InChI is InChI=1S/C18H20F5IO6S/c1-10(2)16(7-3-4-8-16)30-13-9-11(5-6-12(13)24)14(25)29-15(17(19,20)21)18(22,23)31(26,27)28/h5-6,9-10,15H,3-4,7-8H2,1-2H3,(H,26,27,28)/p-1. The van der Waals surface area contributed by atoms with Crippen LogP contribution in [0.25, 0.3) is 0 Å². The van der Waals surface area contributed by atoms with Crippen molar-refractivity contribution in [2.45, 2.75) is 62.7 Å². The summed E-state index contributed by atoms with van der Waals surface area (Å²) < 4.78 is 108. The molecule has 2 rings (SSSR count). The Bertz CT molecular complexity index is 926. The number of esters is 1. The molecule has 0 saturated heterocycles. The Morgan fingerprint density at radius 1 is 1.16 bits per heavy atom. The minimum Gasteiger partial charge on any atom is -0.743 e. The summed E-state index contributed by atoms with van der Waals surface area (Å²) in [6.07, 6.45) is -7.22. The van der Waals surface area contributed by atoms with Gasteiger partial charge in [-0.2, -0.15) is 22.0 Å². The third-order valence-electron chi connectivity index (χ3n) is 5.14. The van der Waals surface area contributed by atoms with Gasteiger partial charge in [-0.1, -0.05) is 13.8 Å². The largest absolute Gasteiger partial charge is 0.743 e. The lowest BCUT2D eigenvalue weighted by molar-refractivity contribution is -0.248. The lowest BCUT2D eigenvalue weighted by Gasteiger charge is -2.35. The molecular formula is C18H19F5IO6S-. The van der Waals surface area contributed by atoms with Crippen molar-refractivity contribution in [1.82, 2.24) is 0 Å². The molecule has 1 atom stereocenters. The average molecular weight is 585 g/mol. The fourth-order valence-electron chi connectivity index (χ4n) is 3.33. The molecule has 0 spiro atoms. The molecule has 1 fully saturated rings. The highest BCUT2D eigenvalue weighted by Crippen LogP contribution is 2.42. The second-order valence-corrected chi connectivity index (χ2v) is 10.1. The predicted octanol–water partition coefficient (Wildman–Crippen LogP) is 4.86. The van der Waals surface area contributed by atoms with Crippen molar-refractivity contribution in [3.05, 3.63) is 27.3 Å². The quantitative estimate of drug-likeness (QED) is 0.197. The molecule has 1 aliphatic rings. The van der Waals surface area contributed by atoms with Gasteiger partial charge in [0, 0.05) is 0 Å². The molecule has 0 radical (unpaired) electrons. The predicted molar refractivity (Wildman–Crippen MR) is 106 cm³/mol. The van der Waals surface area contributed by atoms with Crippen LogP contribution in [0.15, 0.2) is 18.2 Å². The van der Waals surface area contributed by atoms with E-state index in [1.165, 1.54) is 6.07 Å². The van der Waals surface area contributed by atoms with Crippen molar-refractivity contribution in [2.75, 3.05) is 0 Å². The van der Waals surface area contributed by atoms with Crippen molar-refractivity contribution >= 4 is 38.7 Å².